The van der Waals surface area contributed by atoms with Crippen molar-refractivity contribution in [2.24, 2.45) is 0 Å². The minimum absolute atomic E-state index is 0.266. The molecule has 0 saturated carbocycles. The Bertz CT molecular complexity index is 820. The third-order valence-electron chi connectivity index (χ3n) is 3.23. The monoisotopic (exact) mass is 284 g/mol. The molecule has 0 atom stereocenters. The summed E-state index contributed by atoms with van der Waals surface area (Å²) in [5.41, 5.74) is 8.35. The number of rotatable bonds is 3. The standard InChI is InChI=1S/C15H13FN4O/c16-12-4-1-11(8-20-15(21)18-9-19-20)14(7-12)10-2-5-13(17)6-3-10/h1-7,9H,8,17H2,(H,18,19,21). The Kier molecular flexibility index (Phi) is 3.27. The average Bonchev–Trinajstić information content (AvgIpc) is 2.87. The van der Waals surface area contributed by atoms with Crippen LogP contribution in [0.4, 0.5) is 10.1 Å². The minimum Gasteiger partial charge on any atom is -0.399 e. The molecule has 1 heterocycles. The lowest BCUT2D eigenvalue weighted by Crippen LogP contribution is -2.19. The highest BCUT2D eigenvalue weighted by Crippen LogP contribution is 2.26. The van der Waals surface area contributed by atoms with E-state index >= 15 is 0 Å². The molecule has 5 nitrogen and oxygen atoms in total. The number of hydrogen-bond donors (Lipinski definition) is 2. The van der Waals surface area contributed by atoms with E-state index < -0.39 is 0 Å². The van der Waals surface area contributed by atoms with E-state index in [1.54, 1.807) is 18.2 Å². The van der Waals surface area contributed by atoms with Gasteiger partial charge >= 0.3 is 5.69 Å². The number of nitrogens with one attached hydrogen (secondary N) is 1. The first-order valence-corrected chi connectivity index (χ1v) is 6.38. The van der Waals surface area contributed by atoms with E-state index in [1.807, 2.05) is 12.1 Å². The number of anilines is 1. The van der Waals surface area contributed by atoms with Gasteiger partial charge in [0.25, 0.3) is 0 Å². The van der Waals surface area contributed by atoms with Gasteiger partial charge in [-0.05, 0) is 41.0 Å². The number of halogens is 1. The van der Waals surface area contributed by atoms with Crippen molar-refractivity contribution in [3.63, 3.8) is 0 Å². The number of nitrogen functional groups attached to an aromatic ring is 1. The lowest BCUT2D eigenvalue weighted by atomic mass is 9.99. The second-order valence-electron chi connectivity index (χ2n) is 4.68. The summed E-state index contributed by atoms with van der Waals surface area (Å²) in [6.07, 6.45) is 1.33. The van der Waals surface area contributed by atoms with Gasteiger partial charge in [0.15, 0.2) is 0 Å². The molecule has 0 aliphatic rings. The van der Waals surface area contributed by atoms with Crippen LogP contribution in [-0.4, -0.2) is 14.8 Å². The van der Waals surface area contributed by atoms with Gasteiger partial charge in [0, 0.05) is 5.69 Å². The Morgan fingerprint density at radius 2 is 1.95 bits per heavy atom. The lowest BCUT2D eigenvalue weighted by molar-refractivity contribution is 0.623. The van der Waals surface area contributed by atoms with Gasteiger partial charge in [0.05, 0.1) is 6.54 Å². The van der Waals surface area contributed by atoms with Gasteiger partial charge < -0.3 is 5.73 Å². The zero-order valence-electron chi connectivity index (χ0n) is 11.1. The summed E-state index contributed by atoms with van der Waals surface area (Å²) in [7, 11) is 0. The van der Waals surface area contributed by atoms with Crippen LogP contribution in [0.2, 0.25) is 0 Å². The summed E-state index contributed by atoms with van der Waals surface area (Å²) in [6.45, 7) is 0.266. The van der Waals surface area contributed by atoms with Crippen molar-refractivity contribution in [3.8, 4) is 11.1 Å². The molecule has 1 aromatic heterocycles. The smallest absolute Gasteiger partial charge is 0.343 e. The zero-order chi connectivity index (χ0) is 14.8. The average molecular weight is 284 g/mol. The zero-order valence-corrected chi connectivity index (χ0v) is 11.1. The highest BCUT2D eigenvalue weighted by Gasteiger charge is 2.09. The van der Waals surface area contributed by atoms with E-state index in [0.717, 1.165) is 11.1 Å². The summed E-state index contributed by atoms with van der Waals surface area (Å²) in [6, 6.07) is 11.6. The van der Waals surface area contributed by atoms with Crippen molar-refractivity contribution >= 4 is 5.69 Å². The van der Waals surface area contributed by atoms with Crippen molar-refractivity contribution in [2.75, 3.05) is 5.73 Å². The summed E-state index contributed by atoms with van der Waals surface area (Å²) < 4.78 is 14.8. The van der Waals surface area contributed by atoms with Crippen LogP contribution in [0.15, 0.2) is 53.6 Å². The molecule has 3 N–H and O–H groups in total. The predicted octanol–water partition coefficient (Wildman–Crippen LogP) is 2.01. The Balaban J connectivity index is 2.07. The number of aromatic nitrogens is 3. The molecule has 0 radical (unpaired) electrons. The van der Waals surface area contributed by atoms with E-state index in [9.17, 15) is 9.18 Å². The molecule has 0 bridgehead atoms. The van der Waals surface area contributed by atoms with Crippen LogP contribution < -0.4 is 11.4 Å². The van der Waals surface area contributed by atoms with Crippen LogP contribution in [0.3, 0.4) is 0 Å². The van der Waals surface area contributed by atoms with Gasteiger partial charge in [-0.1, -0.05) is 18.2 Å². The summed E-state index contributed by atoms with van der Waals surface area (Å²) in [5, 5.41) is 3.92. The first-order chi connectivity index (χ1) is 10.1. The minimum atomic E-state index is -0.333. The summed E-state index contributed by atoms with van der Waals surface area (Å²) in [5.74, 6) is -0.333. The first-order valence-electron chi connectivity index (χ1n) is 6.38. The van der Waals surface area contributed by atoms with E-state index in [1.165, 1.54) is 23.1 Å². The largest absolute Gasteiger partial charge is 0.399 e. The molecule has 3 aromatic rings. The quantitative estimate of drug-likeness (QED) is 0.722. The Labute approximate surface area is 119 Å². The van der Waals surface area contributed by atoms with Crippen LogP contribution in [0.25, 0.3) is 11.1 Å². The molecular formula is C15H13FN4O. The van der Waals surface area contributed by atoms with Gasteiger partial charge in [0.1, 0.15) is 12.1 Å². The van der Waals surface area contributed by atoms with Crippen molar-refractivity contribution in [1.29, 1.82) is 0 Å². The third-order valence-corrected chi connectivity index (χ3v) is 3.23. The number of nitrogens with zero attached hydrogens (tertiary/aromatic N) is 2. The molecule has 21 heavy (non-hydrogen) atoms. The van der Waals surface area contributed by atoms with Crippen LogP contribution in [0.5, 0.6) is 0 Å². The fourth-order valence-corrected chi connectivity index (χ4v) is 2.17. The second kappa shape index (κ2) is 5.24. The molecule has 0 amide bonds. The molecule has 0 aliphatic heterocycles. The van der Waals surface area contributed by atoms with Gasteiger partial charge in [-0.25, -0.2) is 13.9 Å². The van der Waals surface area contributed by atoms with E-state index in [0.29, 0.717) is 11.3 Å². The van der Waals surface area contributed by atoms with Gasteiger partial charge in [-0.2, -0.15) is 5.10 Å². The van der Waals surface area contributed by atoms with Crippen molar-refractivity contribution in [3.05, 3.63) is 70.7 Å². The maximum absolute atomic E-state index is 13.6. The fraction of sp³-hybridized carbons (Fsp3) is 0.0667. The Morgan fingerprint density at radius 1 is 1.19 bits per heavy atom. The molecule has 6 heteroatoms. The molecular weight excluding hydrogens is 271 g/mol. The van der Waals surface area contributed by atoms with Gasteiger partial charge in [0.2, 0.25) is 0 Å². The van der Waals surface area contributed by atoms with Crippen molar-refractivity contribution in [2.45, 2.75) is 6.54 Å². The maximum atomic E-state index is 13.6. The van der Waals surface area contributed by atoms with E-state index in [-0.39, 0.29) is 18.1 Å². The topological polar surface area (TPSA) is 76.7 Å². The number of H-pyrrole nitrogens is 1. The first kappa shape index (κ1) is 13.1. The number of nitrogens with two attached hydrogens (primary N) is 1. The number of benzene rings is 2. The van der Waals surface area contributed by atoms with Crippen LogP contribution in [-0.2, 0) is 6.54 Å². The van der Waals surface area contributed by atoms with Gasteiger partial charge in [-0.3, -0.25) is 4.98 Å². The predicted molar refractivity (Wildman–Crippen MR) is 78.2 cm³/mol. The van der Waals surface area contributed by atoms with E-state index in [2.05, 4.69) is 10.1 Å². The highest BCUT2D eigenvalue weighted by molar-refractivity contribution is 5.69. The van der Waals surface area contributed by atoms with Gasteiger partial charge in [-0.15, -0.1) is 0 Å². The molecule has 0 aliphatic carbocycles. The molecule has 0 fully saturated rings. The SMILES string of the molecule is Nc1ccc(-c2cc(F)ccc2Cn2nc[nH]c2=O)cc1. The fourth-order valence-electron chi connectivity index (χ4n) is 2.17. The van der Waals surface area contributed by atoms with Crippen LogP contribution in [0, 0.1) is 5.82 Å². The Morgan fingerprint density at radius 3 is 2.62 bits per heavy atom. The van der Waals surface area contributed by atoms with Crippen LogP contribution in [0.1, 0.15) is 5.56 Å². The summed E-state index contributed by atoms with van der Waals surface area (Å²) >= 11 is 0. The molecule has 3 rings (SSSR count). The number of hydrogen-bond acceptors (Lipinski definition) is 3. The van der Waals surface area contributed by atoms with Crippen LogP contribution >= 0.6 is 0 Å². The maximum Gasteiger partial charge on any atom is 0.343 e. The second-order valence-corrected chi connectivity index (χ2v) is 4.68. The normalized spacial score (nSPS) is 10.7. The third kappa shape index (κ3) is 2.69. The molecule has 0 unspecified atom stereocenters. The molecule has 0 saturated heterocycles. The number of aromatic amines is 1. The molecule has 2 aromatic carbocycles. The van der Waals surface area contributed by atoms with E-state index in [4.69, 9.17) is 5.73 Å². The molecule has 106 valence electrons. The molecule has 0 spiro atoms. The summed E-state index contributed by atoms with van der Waals surface area (Å²) in [4.78, 5) is 14.0. The Hall–Kier alpha value is -2.89. The van der Waals surface area contributed by atoms with Crippen molar-refractivity contribution in [1.82, 2.24) is 14.8 Å². The lowest BCUT2D eigenvalue weighted by Gasteiger charge is -2.10. The van der Waals surface area contributed by atoms with Crippen molar-refractivity contribution < 1.29 is 4.39 Å². The highest BCUT2D eigenvalue weighted by atomic mass is 19.1.